The molecule has 1 saturated heterocycles. The zero-order valence-electron chi connectivity index (χ0n) is 15.2. The first kappa shape index (κ1) is 17.9. The largest absolute Gasteiger partial charge is 0.330 e. The molecule has 0 N–H and O–H groups in total. The number of benzene rings is 1. The molecule has 1 fully saturated rings. The third kappa shape index (κ3) is 3.68. The summed E-state index contributed by atoms with van der Waals surface area (Å²) in [7, 11) is -1.33. The molecule has 142 valence electrons. The maximum absolute atomic E-state index is 13.2. The number of sulfonamides is 1. The molecule has 4 rings (SSSR count). The van der Waals surface area contributed by atoms with E-state index in [1.807, 2.05) is 23.1 Å². The number of amidine groups is 1. The molecule has 3 heterocycles. The highest BCUT2D eigenvalue weighted by Crippen LogP contribution is 2.27. The number of piperazine rings is 1. The number of hydrogen-bond acceptors (Lipinski definition) is 5. The molecule has 3 aliphatic rings. The van der Waals surface area contributed by atoms with Crippen LogP contribution in [-0.2, 0) is 14.8 Å². The molecule has 0 radical (unpaired) electrons. The van der Waals surface area contributed by atoms with Crippen molar-refractivity contribution in [2.75, 3.05) is 39.0 Å². The van der Waals surface area contributed by atoms with Crippen LogP contribution in [0.2, 0.25) is 0 Å². The molecule has 27 heavy (non-hydrogen) atoms. The Kier molecular flexibility index (Phi) is 4.61. The van der Waals surface area contributed by atoms with Gasteiger partial charge in [0.25, 0.3) is 15.9 Å². The Bertz CT molecular complexity index is 937. The standard InChI is InChI=1S/C19H22N4O3S/c1-21-9-10-23(17(14-21)15-5-3-2-4-6-15)19(24)16-7-8-18-20-27(25,26)12-11-22(18)13-16/h2-8,13,17H,9-12,14H2,1H3. The van der Waals surface area contributed by atoms with Gasteiger partial charge in [-0.25, -0.2) is 8.42 Å². The third-order valence-electron chi connectivity index (χ3n) is 5.10. The normalized spacial score (nSPS) is 24.9. The van der Waals surface area contributed by atoms with Gasteiger partial charge >= 0.3 is 0 Å². The Balaban J connectivity index is 1.60. The van der Waals surface area contributed by atoms with Crippen LogP contribution in [0.25, 0.3) is 0 Å². The van der Waals surface area contributed by atoms with Crippen LogP contribution in [0.4, 0.5) is 0 Å². The lowest BCUT2D eigenvalue weighted by Gasteiger charge is -2.41. The topological polar surface area (TPSA) is 73.3 Å². The second-order valence-corrected chi connectivity index (χ2v) is 8.79. The van der Waals surface area contributed by atoms with Gasteiger partial charge in [-0.15, -0.1) is 4.40 Å². The zero-order chi connectivity index (χ0) is 19.0. The van der Waals surface area contributed by atoms with E-state index in [0.717, 1.165) is 18.7 Å². The van der Waals surface area contributed by atoms with E-state index in [1.54, 1.807) is 23.3 Å². The molecular weight excluding hydrogens is 364 g/mol. The number of fused-ring (bicyclic) bond motifs is 1. The summed E-state index contributed by atoms with van der Waals surface area (Å²) < 4.78 is 27.1. The van der Waals surface area contributed by atoms with Crippen LogP contribution in [0.5, 0.6) is 0 Å². The third-order valence-corrected chi connectivity index (χ3v) is 6.26. The van der Waals surface area contributed by atoms with E-state index < -0.39 is 10.0 Å². The predicted molar refractivity (Wildman–Crippen MR) is 104 cm³/mol. The molecule has 7 nitrogen and oxygen atoms in total. The summed E-state index contributed by atoms with van der Waals surface area (Å²) in [5, 5.41) is 0. The van der Waals surface area contributed by atoms with Gasteiger partial charge in [-0.2, -0.15) is 0 Å². The maximum atomic E-state index is 13.2. The lowest BCUT2D eigenvalue weighted by atomic mass is 10.0. The lowest BCUT2D eigenvalue weighted by Crippen LogP contribution is -2.50. The average molecular weight is 386 g/mol. The van der Waals surface area contributed by atoms with Crippen molar-refractivity contribution < 1.29 is 13.2 Å². The number of carbonyl (C=O) groups excluding carboxylic acids is 1. The van der Waals surface area contributed by atoms with Crippen molar-refractivity contribution in [2.24, 2.45) is 4.40 Å². The molecular formula is C19H22N4O3S. The van der Waals surface area contributed by atoms with Gasteiger partial charge in [0.2, 0.25) is 0 Å². The molecule has 0 aliphatic carbocycles. The minimum absolute atomic E-state index is 0.0106. The van der Waals surface area contributed by atoms with Crippen molar-refractivity contribution >= 4 is 21.8 Å². The Hall–Kier alpha value is -2.45. The number of nitrogens with zero attached hydrogens (tertiary/aromatic N) is 4. The smallest absolute Gasteiger partial charge is 0.256 e. The highest BCUT2D eigenvalue weighted by atomic mass is 32.2. The van der Waals surface area contributed by atoms with E-state index in [4.69, 9.17) is 0 Å². The van der Waals surface area contributed by atoms with E-state index in [-0.39, 0.29) is 17.7 Å². The van der Waals surface area contributed by atoms with Crippen molar-refractivity contribution in [3.8, 4) is 0 Å². The van der Waals surface area contributed by atoms with Gasteiger partial charge in [0.1, 0.15) is 5.84 Å². The summed E-state index contributed by atoms with van der Waals surface area (Å²) in [6, 6.07) is 10.0. The van der Waals surface area contributed by atoms with Gasteiger partial charge in [-0.1, -0.05) is 30.3 Å². The van der Waals surface area contributed by atoms with Crippen LogP contribution in [0.1, 0.15) is 11.6 Å². The van der Waals surface area contributed by atoms with E-state index in [1.165, 1.54) is 0 Å². The molecule has 8 heteroatoms. The molecule has 1 aromatic carbocycles. The van der Waals surface area contributed by atoms with Gasteiger partial charge in [0.15, 0.2) is 0 Å². The van der Waals surface area contributed by atoms with Crippen molar-refractivity contribution in [3.05, 3.63) is 59.8 Å². The Labute approximate surface area is 159 Å². The van der Waals surface area contributed by atoms with Crippen LogP contribution < -0.4 is 0 Å². The minimum Gasteiger partial charge on any atom is -0.330 e. The quantitative estimate of drug-likeness (QED) is 0.758. The van der Waals surface area contributed by atoms with Gasteiger partial charge < -0.3 is 14.7 Å². The van der Waals surface area contributed by atoms with Crippen LogP contribution in [-0.4, -0.2) is 73.8 Å². The van der Waals surface area contributed by atoms with E-state index in [0.29, 0.717) is 24.5 Å². The van der Waals surface area contributed by atoms with Crippen molar-refractivity contribution in [1.29, 1.82) is 0 Å². The molecule has 3 aliphatic heterocycles. The summed E-state index contributed by atoms with van der Waals surface area (Å²) in [4.78, 5) is 19.1. The van der Waals surface area contributed by atoms with E-state index >= 15 is 0 Å². The van der Waals surface area contributed by atoms with E-state index in [2.05, 4.69) is 28.5 Å². The first-order valence-electron chi connectivity index (χ1n) is 8.97. The number of rotatable bonds is 2. The van der Waals surface area contributed by atoms with Gasteiger partial charge in [-0.05, 0) is 24.8 Å². The Morgan fingerprint density at radius 3 is 2.67 bits per heavy atom. The van der Waals surface area contributed by atoms with Crippen molar-refractivity contribution in [2.45, 2.75) is 6.04 Å². The molecule has 1 atom stereocenters. The first-order valence-corrected chi connectivity index (χ1v) is 10.6. The molecule has 1 aromatic rings. The SMILES string of the molecule is CN1CCN(C(=O)C2=CN3CCS(=O)(=O)N=C3C=C2)C(c2ccccc2)C1. The number of amides is 1. The van der Waals surface area contributed by atoms with Crippen molar-refractivity contribution in [3.63, 3.8) is 0 Å². The fourth-order valence-electron chi connectivity index (χ4n) is 3.62. The Morgan fingerprint density at radius 1 is 1.11 bits per heavy atom. The second-order valence-electron chi connectivity index (χ2n) is 7.03. The van der Waals surface area contributed by atoms with Crippen LogP contribution >= 0.6 is 0 Å². The number of carbonyl (C=O) groups is 1. The molecule has 0 spiro atoms. The summed E-state index contributed by atoms with van der Waals surface area (Å²) in [5.74, 6) is 0.292. The van der Waals surface area contributed by atoms with Crippen LogP contribution in [0.3, 0.4) is 0 Å². The zero-order valence-corrected chi connectivity index (χ0v) is 16.0. The highest BCUT2D eigenvalue weighted by Gasteiger charge is 2.33. The van der Waals surface area contributed by atoms with Crippen molar-refractivity contribution in [1.82, 2.24) is 14.7 Å². The average Bonchev–Trinajstić information content (AvgIpc) is 2.67. The van der Waals surface area contributed by atoms with Gasteiger partial charge in [0, 0.05) is 32.4 Å². The molecule has 1 amide bonds. The van der Waals surface area contributed by atoms with Gasteiger partial charge in [-0.3, -0.25) is 4.79 Å². The minimum atomic E-state index is -3.40. The fourth-order valence-corrected chi connectivity index (χ4v) is 4.59. The molecule has 0 bridgehead atoms. The summed E-state index contributed by atoms with van der Waals surface area (Å²) in [6.45, 7) is 2.56. The summed E-state index contributed by atoms with van der Waals surface area (Å²) >= 11 is 0. The molecule has 0 saturated carbocycles. The predicted octanol–water partition coefficient (Wildman–Crippen LogP) is 0.999. The van der Waals surface area contributed by atoms with E-state index in [9.17, 15) is 13.2 Å². The highest BCUT2D eigenvalue weighted by molar-refractivity contribution is 7.90. The van der Waals surface area contributed by atoms with Gasteiger partial charge in [0.05, 0.1) is 17.4 Å². The first-order chi connectivity index (χ1) is 12.9. The van der Waals surface area contributed by atoms with Crippen LogP contribution in [0, 0.1) is 0 Å². The monoisotopic (exact) mass is 386 g/mol. The molecule has 1 unspecified atom stereocenters. The number of hydrogen-bond donors (Lipinski definition) is 0. The summed E-state index contributed by atoms with van der Waals surface area (Å²) in [5.41, 5.74) is 1.67. The van der Waals surface area contributed by atoms with Crippen LogP contribution in [0.15, 0.2) is 58.7 Å². The summed E-state index contributed by atoms with van der Waals surface area (Å²) in [6.07, 6.45) is 4.99. The lowest BCUT2D eigenvalue weighted by molar-refractivity contribution is -0.131. The fraction of sp³-hybridized carbons (Fsp3) is 0.368. The molecule has 0 aromatic heterocycles. The Morgan fingerprint density at radius 2 is 1.89 bits per heavy atom. The second kappa shape index (κ2) is 6.94. The number of likely N-dealkylation sites (N-methyl/N-ethyl adjacent to an activating group) is 1. The maximum Gasteiger partial charge on any atom is 0.256 e.